The molecular formula is C25H31N3O6. The van der Waals surface area contributed by atoms with Gasteiger partial charge in [0.2, 0.25) is 11.8 Å². The molecule has 1 fully saturated rings. The minimum absolute atomic E-state index is 0.00952. The van der Waals surface area contributed by atoms with Gasteiger partial charge in [-0.05, 0) is 42.7 Å². The van der Waals surface area contributed by atoms with E-state index in [-0.39, 0.29) is 30.8 Å². The Labute approximate surface area is 199 Å². The minimum Gasteiger partial charge on any atom is -0.493 e. The van der Waals surface area contributed by atoms with Gasteiger partial charge in [-0.2, -0.15) is 0 Å². The second kappa shape index (κ2) is 12.5. The van der Waals surface area contributed by atoms with Gasteiger partial charge in [0.25, 0.3) is 5.91 Å². The summed E-state index contributed by atoms with van der Waals surface area (Å²) in [5, 5.41) is 2.94. The zero-order chi connectivity index (χ0) is 24.3. The molecule has 182 valence electrons. The summed E-state index contributed by atoms with van der Waals surface area (Å²) >= 11 is 0. The van der Waals surface area contributed by atoms with Crippen LogP contribution in [0.5, 0.6) is 17.2 Å². The smallest absolute Gasteiger partial charge is 0.255 e. The van der Waals surface area contributed by atoms with Crippen LogP contribution in [0.3, 0.4) is 0 Å². The van der Waals surface area contributed by atoms with Gasteiger partial charge < -0.3 is 30.2 Å². The van der Waals surface area contributed by atoms with Crippen molar-refractivity contribution in [3.05, 3.63) is 54.1 Å². The fourth-order valence-corrected chi connectivity index (χ4v) is 3.77. The SMILES string of the molecule is COc1cc(CNC(=O)C2CCCN(C(=O)CCOc3ccccc3)C2)ccc1OCC(N)=O. The Morgan fingerprint density at radius 1 is 1.09 bits per heavy atom. The van der Waals surface area contributed by atoms with E-state index in [1.54, 1.807) is 23.1 Å². The molecule has 3 N–H and O–H groups in total. The second-order valence-electron chi connectivity index (χ2n) is 8.05. The Morgan fingerprint density at radius 3 is 2.62 bits per heavy atom. The highest BCUT2D eigenvalue weighted by molar-refractivity contribution is 5.81. The quantitative estimate of drug-likeness (QED) is 0.519. The summed E-state index contributed by atoms with van der Waals surface area (Å²) in [6.45, 7) is 1.41. The van der Waals surface area contributed by atoms with Crippen molar-refractivity contribution < 1.29 is 28.6 Å². The maximum Gasteiger partial charge on any atom is 0.255 e. The Bertz CT molecular complexity index is 982. The van der Waals surface area contributed by atoms with Gasteiger partial charge in [0.1, 0.15) is 5.75 Å². The van der Waals surface area contributed by atoms with Crippen LogP contribution in [0.25, 0.3) is 0 Å². The molecule has 3 amide bonds. The number of nitrogens with one attached hydrogen (secondary N) is 1. The molecule has 9 heteroatoms. The van der Waals surface area contributed by atoms with E-state index in [1.807, 2.05) is 30.3 Å². The lowest BCUT2D eigenvalue weighted by atomic mass is 9.96. The predicted molar refractivity (Wildman–Crippen MR) is 125 cm³/mol. The Balaban J connectivity index is 1.46. The van der Waals surface area contributed by atoms with Crippen LogP contribution in [0.4, 0.5) is 0 Å². The largest absolute Gasteiger partial charge is 0.493 e. The van der Waals surface area contributed by atoms with Crippen molar-refractivity contribution in [2.75, 3.05) is 33.4 Å². The topological polar surface area (TPSA) is 120 Å². The van der Waals surface area contributed by atoms with Crippen LogP contribution in [0.1, 0.15) is 24.8 Å². The van der Waals surface area contributed by atoms with Gasteiger partial charge in [0.05, 0.1) is 26.1 Å². The molecule has 0 radical (unpaired) electrons. The Morgan fingerprint density at radius 2 is 1.88 bits per heavy atom. The normalized spacial score (nSPS) is 15.3. The zero-order valence-corrected chi connectivity index (χ0v) is 19.3. The summed E-state index contributed by atoms with van der Waals surface area (Å²) in [7, 11) is 1.49. The summed E-state index contributed by atoms with van der Waals surface area (Å²) in [5.74, 6) is 0.634. The highest BCUT2D eigenvalue weighted by atomic mass is 16.5. The predicted octanol–water partition coefficient (Wildman–Crippen LogP) is 1.88. The van der Waals surface area contributed by atoms with E-state index in [1.165, 1.54) is 7.11 Å². The minimum atomic E-state index is -0.581. The molecule has 0 aliphatic carbocycles. The van der Waals surface area contributed by atoms with E-state index < -0.39 is 5.91 Å². The number of hydrogen-bond donors (Lipinski definition) is 2. The van der Waals surface area contributed by atoms with Crippen molar-refractivity contribution in [3.63, 3.8) is 0 Å². The van der Waals surface area contributed by atoms with Crippen LogP contribution in [-0.4, -0.2) is 56.0 Å². The monoisotopic (exact) mass is 469 g/mol. The van der Waals surface area contributed by atoms with E-state index in [4.69, 9.17) is 19.9 Å². The fourth-order valence-electron chi connectivity index (χ4n) is 3.77. The van der Waals surface area contributed by atoms with E-state index >= 15 is 0 Å². The fraction of sp³-hybridized carbons (Fsp3) is 0.400. The number of nitrogens with two attached hydrogens (primary N) is 1. The van der Waals surface area contributed by atoms with Gasteiger partial charge in [-0.3, -0.25) is 14.4 Å². The summed E-state index contributed by atoms with van der Waals surface area (Å²) in [6.07, 6.45) is 1.79. The highest BCUT2D eigenvalue weighted by Crippen LogP contribution is 2.28. The summed E-state index contributed by atoms with van der Waals surface area (Å²) in [6, 6.07) is 14.6. The number of carbonyl (C=O) groups is 3. The zero-order valence-electron chi connectivity index (χ0n) is 19.3. The van der Waals surface area contributed by atoms with Crippen molar-refractivity contribution in [1.29, 1.82) is 0 Å². The number of piperidine rings is 1. The van der Waals surface area contributed by atoms with Gasteiger partial charge in [-0.15, -0.1) is 0 Å². The molecule has 1 aliphatic rings. The number of rotatable bonds is 11. The van der Waals surface area contributed by atoms with Gasteiger partial charge >= 0.3 is 0 Å². The molecule has 2 aromatic carbocycles. The number of carbonyl (C=O) groups excluding carboxylic acids is 3. The number of nitrogens with zero attached hydrogens (tertiary/aromatic N) is 1. The maximum atomic E-state index is 12.8. The number of para-hydroxylation sites is 1. The van der Waals surface area contributed by atoms with E-state index in [0.717, 1.165) is 24.2 Å². The third-order valence-electron chi connectivity index (χ3n) is 5.54. The standard InChI is InChI=1S/C25H31N3O6/c1-32-22-14-18(9-10-21(22)34-17-23(26)29)15-27-25(31)19-6-5-12-28(16-19)24(30)11-13-33-20-7-3-2-4-8-20/h2-4,7-10,14,19H,5-6,11-13,15-17H2,1H3,(H2,26,29)(H,27,31). The van der Waals surface area contributed by atoms with Gasteiger partial charge in [-0.1, -0.05) is 24.3 Å². The summed E-state index contributed by atoms with van der Waals surface area (Å²) < 4.78 is 16.2. The summed E-state index contributed by atoms with van der Waals surface area (Å²) in [5.41, 5.74) is 5.93. The van der Waals surface area contributed by atoms with E-state index in [0.29, 0.717) is 37.7 Å². The first-order valence-corrected chi connectivity index (χ1v) is 11.3. The molecule has 0 aromatic heterocycles. The molecule has 0 bridgehead atoms. The Kier molecular flexibility index (Phi) is 9.13. The first kappa shape index (κ1) is 24.9. The molecule has 1 heterocycles. The number of ether oxygens (including phenoxy) is 3. The molecule has 0 spiro atoms. The van der Waals surface area contributed by atoms with E-state index in [2.05, 4.69) is 5.32 Å². The van der Waals surface area contributed by atoms with Crippen LogP contribution >= 0.6 is 0 Å². The summed E-state index contributed by atoms with van der Waals surface area (Å²) in [4.78, 5) is 38.0. The molecule has 34 heavy (non-hydrogen) atoms. The molecule has 1 aliphatic heterocycles. The number of benzene rings is 2. The van der Waals surface area contributed by atoms with Crippen molar-refractivity contribution >= 4 is 17.7 Å². The number of primary amides is 1. The van der Waals surface area contributed by atoms with Crippen LogP contribution in [0.15, 0.2) is 48.5 Å². The van der Waals surface area contributed by atoms with Crippen LogP contribution in [-0.2, 0) is 20.9 Å². The third kappa shape index (κ3) is 7.40. The molecular weight excluding hydrogens is 438 g/mol. The lowest BCUT2D eigenvalue weighted by molar-refractivity contribution is -0.136. The number of hydrogen-bond acceptors (Lipinski definition) is 6. The van der Waals surface area contributed by atoms with Gasteiger partial charge in [-0.25, -0.2) is 0 Å². The Hall–Kier alpha value is -3.75. The molecule has 2 aromatic rings. The first-order valence-electron chi connectivity index (χ1n) is 11.3. The molecule has 9 nitrogen and oxygen atoms in total. The molecule has 1 atom stereocenters. The maximum absolute atomic E-state index is 12.8. The van der Waals surface area contributed by atoms with Crippen molar-refractivity contribution in [2.24, 2.45) is 11.7 Å². The van der Waals surface area contributed by atoms with Crippen molar-refractivity contribution in [1.82, 2.24) is 10.2 Å². The van der Waals surface area contributed by atoms with Crippen molar-refractivity contribution in [3.8, 4) is 17.2 Å². The van der Waals surface area contributed by atoms with Crippen molar-refractivity contribution in [2.45, 2.75) is 25.8 Å². The van der Waals surface area contributed by atoms with Gasteiger partial charge in [0, 0.05) is 19.6 Å². The number of methoxy groups -OCH3 is 1. The third-order valence-corrected chi connectivity index (χ3v) is 5.54. The van der Waals surface area contributed by atoms with Gasteiger partial charge in [0.15, 0.2) is 18.1 Å². The lowest BCUT2D eigenvalue weighted by Gasteiger charge is -2.32. The number of amides is 3. The van der Waals surface area contributed by atoms with E-state index in [9.17, 15) is 14.4 Å². The molecule has 1 unspecified atom stereocenters. The molecule has 0 saturated carbocycles. The van der Waals surface area contributed by atoms with Crippen LogP contribution < -0.4 is 25.3 Å². The molecule has 1 saturated heterocycles. The van der Waals surface area contributed by atoms with Crippen LogP contribution in [0, 0.1) is 5.92 Å². The molecule has 3 rings (SSSR count). The van der Waals surface area contributed by atoms with Crippen LogP contribution in [0.2, 0.25) is 0 Å². The average molecular weight is 470 g/mol. The first-order chi connectivity index (χ1) is 16.5. The average Bonchev–Trinajstić information content (AvgIpc) is 2.86. The lowest BCUT2D eigenvalue weighted by Crippen LogP contribution is -2.45. The number of likely N-dealkylation sites (tertiary alicyclic amines) is 1. The highest BCUT2D eigenvalue weighted by Gasteiger charge is 2.28. The second-order valence-corrected chi connectivity index (χ2v) is 8.05.